The van der Waals surface area contributed by atoms with Crippen LogP contribution < -0.4 is 10.0 Å². The van der Waals surface area contributed by atoms with Crippen LogP contribution in [-0.4, -0.2) is 78.1 Å². The number of nitrogens with zero attached hydrogens (tertiary/aromatic N) is 2. The molecular weight excluding hydrogens is 532 g/mol. The van der Waals surface area contributed by atoms with Crippen LogP contribution in [0.4, 0.5) is 10.5 Å². The van der Waals surface area contributed by atoms with Crippen molar-refractivity contribution in [2.45, 2.75) is 61.9 Å². The van der Waals surface area contributed by atoms with Crippen LogP contribution >= 0.6 is 0 Å². The van der Waals surface area contributed by atoms with Gasteiger partial charge in [0, 0.05) is 17.7 Å². The Morgan fingerprint density at radius 1 is 1.18 bits per heavy atom. The molecule has 2 aromatic carbocycles. The average molecular weight is 565 g/mol. The average Bonchev–Trinajstić information content (AvgIpc) is 3.22. The van der Waals surface area contributed by atoms with Gasteiger partial charge in [0.2, 0.25) is 15.9 Å². The van der Waals surface area contributed by atoms with Gasteiger partial charge < -0.3 is 25.0 Å². The minimum atomic E-state index is -4.43. The maximum atomic E-state index is 13.5. The van der Waals surface area contributed by atoms with E-state index in [2.05, 4.69) is 15.0 Å². The first-order chi connectivity index (χ1) is 18.2. The first-order valence-electron chi connectivity index (χ1n) is 12.0. The largest absolute Gasteiger partial charge is 0.472 e. The Hall–Kier alpha value is -3.59. The predicted octanol–water partition coefficient (Wildman–Crippen LogP) is 1.72. The number of nitrogens with one attached hydrogen (secondary N) is 2. The number of nitro benzene ring substituents is 1. The lowest BCUT2D eigenvalue weighted by Crippen LogP contribution is -2.67. The molecule has 1 aliphatic heterocycles. The predicted molar refractivity (Wildman–Crippen MR) is 141 cm³/mol. The van der Waals surface area contributed by atoms with Crippen molar-refractivity contribution in [1.29, 1.82) is 0 Å². The summed E-state index contributed by atoms with van der Waals surface area (Å²) in [6, 6.07) is 10.1. The monoisotopic (exact) mass is 564 g/mol. The molecule has 0 radical (unpaired) electrons. The SMILES string of the molecule is C[C@H]1OC(c2ccccc2)=N[C@]1(CO)[C@H](NS(=O)(=O)c1ccc([N+](=O)[O-])cc1)[C@@H](CO)NC(=O)OC(C)(C)C. The molecule has 39 heavy (non-hydrogen) atoms. The van der Waals surface area contributed by atoms with Crippen molar-refractivity contribution in [2.75, 3.05) is 13.2 Å². The van der Waals surface area contributed by atoms with E-state index < -0.39 is 63.6 Å². The number of aliphatic imine (C=N–C) groups is 1. The smallest absolute Gasteiger partial charge is 0.408 e. The highest BCUT2D eigenvalue weighted by atomic mass is 32.2. The fourth-order valence-electron chi connectivity index (χ4n) is 4.08. The van der Waals surface area contributed by atoms with Crippen molar-refractivity contribution in [1.82, 2.24) is 10.0 Å². The fraction of sp³-hybridized carbons (Fsp3) is 0.440. The molecule has 1 amide bonds. The van der Waals surface area contributed by atoms with Crippen molar-refractivity contribution in [3.63, 3.8) is 0 Å². The van der Waals surface area contributed by atoms with Crippen molar-refractivity contribution >= 4 is 27.7 Å². The summed E-state index contributed by atoms with van der Waals surface area (Å²) >= 11 is 0. The van der Waals surface area contributed by atoms with Crippen molar-refractivity contribution in [3.05, 3.63) is 70.3 Å². The van der Waals surface area contributed by atoms with E-state index in [0.717, 1.165) is 24.3 Å². The van der Waals surface area contributed by atoms with Crippen LogP contribution in [-0.2, 0) is 19.5 Å². The second kappa shape index (κ2) is 11.7. The van der Waals surface area contributed by atoms with Gasteiger partial charge in [-0.05, 0) is 52.0 Å². The number of benzene rings is 2. The molecule has 1 heterocycles. The maximum Gasteiger partial charge on any atom is 0.408 e. The van der Waals surface area contributed by atoms with Crippen LogP contribution in [0.5, 0.6) is 0 Å². The third-order valence-electron chi connectivity index (χ3n) is 6.06. The van der Waals surface area contributed by atoms with E-state index in [1.165, 1.54) is 0 Å². The molecule has 212 valence electrons. The van der Waals surface area contributed by atoms with Crippen molar-refractivity contribution in [2.24, 2.45) is 4.99 Å². The molecule has 4 atom stereocenters. The van der Waals surface area contributed by atoms with Gasteiger partial charge in [0.15, 0.2) is 0 Å². The Labute approximate surface area is 226 Å². The number of rotatable bonds is 10. The van der Waals surface area contributed by atoms with Crippen LogP contribution in [0.1, 0.15) is 33.3 Å². The molecule has 0 saturated heterocycles. The lowest BCUT2D eigenvalue weighted by Gasteiger charge is -2.40. The first-order valence-corrected chi connectivity index (χ1v) is 13.5. The summed E-state index contributed by atoms with van der Waals surface area (Å²) < 4.78 is 40.6. The Kier molecular flexibility index (Phi) is 8.95. The number of hydrogen-bond acceptors (Lipinski definition) is 10. The zero-order chi connectivity index (χ0) is 29.0. The molecule has 4 N–H and O–H groups in total. The molecule has 0 unspecified atom stereocenters. The van der Waals surface area contributed by atoms with E-state index in [1.807, 2.05) is 0 Å². The molecular formula is C25H32N4O9S. The number of amides is 1. The van der Waals surface area contributed by atoms with Gasteiger partial charge in [-0.1, -0.05) is 18.2 Å². The number of carbonyl (C=O) groups is 1. The number of aliphatic hydroxyl groups is 2. The topological polar surface area (TPSA) is 190 Å². The van der Waals surface area contributed by atoms with E-state index in [1.54, 1.807) is 58.0 Å². The number of alkyl carbamates (subject to hydrolysis) is 1. The minimum Gasteiger partial charge on any atom is -0.472 e. The Morgan fingerprint density at radius 3 is 2.31 bits per heavy atom. The normalized spacial score (nSPS) is 20.9. The Balaban J connectivity index is 2.09. The van der Waals surface area contributed by atoms with E-state index in [4.69, 9.17) is 9.47 Å². The van der Waals surface area contributed by atoms with Gasteiger partial charge in [-0.25, -0.2) is 22.9 Å². The number of aliphatic hydroxyl groups excluding tert-OH is 2. The summed E-state index contributed by atoms with van der Waals surface area (Å²) in [5.74, 6) is 0.130. The maximum absolute atomic E-state index is 13.5. The zero-order valence-corrected chi connectivity index (χ0v) is 22.7. The summed E-state index contributed by atoms with van der Waals surface area (Å²) in [5.41, 5.74) is -2.35. The van der Waals surface area contributed by atoms with E-state index in [0.29, 0.717) is 5.56 Å². The van der Waals surface area contributed by atoms with Crippen LogP contribution in [0.2, 0.25) is 0 Å². The second-order valence-electron chi connectivity index (χ2n) is 9.98. The fourth-order valence-corrected chi connectivity index (χ4v) is 5.41. The molecule has 0 aliphatic carbocycles. The van der Waals surface area contributed by atoms with E-state index >= 15 is 0 Å². The minimum absolute atomic E-state index is 0.130. The van der Waals surface area contributed by atoms with Gasteiger partial charge in [-0.15, -0.1) is 0 Å². The molecule has 0 aromatic heterocycles. The summed E-state index contributed by atoms with van der Waals surface area (Å²) in [7, 11) is -4.43. The van der Waals surface area contributed by atoms with Gasteiger partial charge in [0.05, 0.1) is 35.1 Å². The van der Waals surface area contributed by atoms with Crippen molar-refractivity contribution in [3.8, 4) is 0 Å². The number of sulfonamides is 1. The summed E-state index contributed by atoms with van der Waals surface area (Å²) in [5, 5.41) is 34.4. The number of ether oxygens (including phenoxy) is 2. The third kappa shape index (κ3) is 6.89. The highest BCUT2D eigenvalue weighted by molar-refractivity contribution is 7.89. The first kappa shape index (κ1) is 30.0. The summed E-state index contributed by atoms with van der Waals surface area (Å²) in [4.78, 5) is 27.2. The zero-order valence-electron chi connectivity index (χ0n) is 21.9. The highest BCUT2D eigenvalue weighted by Crippen LogP contribution is 2.34. The number of carbonyl (C=O) groups excluding carboxylic acids is 1. The second-order valence-corrected chi connectivity index (χ2v) is 11.7. The van der Waals surface area contributed by atoms with Crippen LogP contribution in [0, 0.1) is 10.1 Å². The van der Waals surface area contributed by atoms with E-state index in [9.17, 15) is 33.5 Å². The Morgan fingerprint density at radius 2 is 1.79 bits per heavy atom. The molecule has 0 fully saturated rings. The van der Waals surface area contributed by atoms with Crippen molar-refractivity contribution < 1.29 is 37.8 Å². The molecule has 0 spiro atoms. The van der Waals surface area contributed by atoms with Crippen LogP contribution in [0.25, 0.3) is 0 Å². The van der Waals surface area contributed by atoms with Gasteiger partial charge in [0.1, 0.15) is 17.2 Å². The molecule has 3 rings (SSSR count). The molecule has 13 nitrogen and oxygen atoms in total. The number of nitro groups is 1. The lowest BCUT2D eigenvalue weighted by molar-refractivity contribution is -0.384. The molecule has 0 bridgehead atoms. The third-order valence-corrected chi connectivity index (χ3v) is 7.51. The van der Waals surface area contributed by atoms with Gasteiger partial charge >= 0.3 is 6.09 Å². The lowest BCUT2D eigenvalue weighted by atomic mass is 9.83. The van der Waals surface area contributed by atoms with Gasteiger partial charge in [-0.2, -0.15) is 0 Å². The molecule has 2 aromatic rings. The van der Waals surface area contributed by atoms with Crippen LogP contribution in [0.15, 0.2) is 64.5 Å². The summed E-state index contributed by atoms with van der Waals surface area (Å²) in [6.45, 7) is 4.97. The standard InChI is InChI=1S/C25H32N4O9S/c1-16-25(15-31,27-22(37-16)17-8-6-5-7-9-17)21(20(14-30)26-23(32)38-24(2,3)4)28-39(35,36)19-12-10-18(11-13-19)29(33)34/h5-13,16,20-21,28,30-31H,14-15H2,1-4H3,(H,26,32)/t16-,20-,21-,25+/m1/s1. The molecule has 1 aliphatic rings. The number of hydrogen-bond donors (Lipinski definition) is 4. The van der Waals surface area contributed by atoms with Crippen LogP contribution in [0.3, 0.4) is 0 Å². The Bertz CT molecular complexity index is 1310. The molecule has 14 heteroatoms. The van der Waals surface area contributed by atoms with Gasteiger partial charge in [-0.3, -0.25) is 10.1 Å². The molecule has 0 saturated carbocycles. The van der Waals surface area contributed by atoms with E-state index in [-0.39, 0.29) is 16.5 Å². The van der Waals surface area contributed by atoms with Gasteiger partial charge in [0.25, 0.3) is 5.69 Å². The highest BCUT2D eigenvalue weighted by Gasteiger charge is 2.54. The quantitative estimate of drug-likeness (QED) is 0.246. The number of non-ortho nitro benzene ring substituents is 1. The summed E-state index contributed by atoms with van der Waals surface area (Å²) in [6.07, 6.45) is -1.86.